The van der Waals surface area contributed by atoms with Crippen LogP contribution in [0.5, 0.6) is 0 Å². The van der Waals surface area contributed by atoms with E-state index in [1.54, 1.807) is 26.6 Å². The van der Waals surface area contributed by atoms with Gasteiger partial charge in [0.1, 0.15) is 0 Å². The molecule has 0 aliphatic heterocycles. The van der Waals surface area contributed by atoms with Crippen molar-refractivity contribution in [2.75, 3.05) is 6.61 Å². The molecular weight excluding hydrogens is 590 g/mol. The summed E-state index contributed by atoms with van der Waals surface area (Å²) in [4.78, 5) is 0. The molecule has 1 nitrogen and oxygen atoms in total. The van der Waals surface area contributed by atoms with Gasteiger partial charge in [-0.05, 0) is 0 Å². The van der Waals surface area contributed by atoms with Gasteiger partial charge in [-0.2, -0.15) is 0 Å². The number of aliphatic hydroxyl groups is 1. The molecule has 1 saturated carbocycles. The van der Waals surface area contributed by atoms with Gasteiger partial charge in [0.05, 0.1) is 0 Å². The number of aliphatic hydroxyl groups excluding tert-OH is 1. The molecule has 0 radical (unpaired) electrons. The molecule has 31 heavy (non-hydrogen) atoms. The van der Waals surface area contributed by atoms with Crippen molar-refractivity contribution in [2.45, 2.75) is 153 Å². The summed E-state index contributed by atoms with van der Waals surface area (Å²) in [5, 5.41) is 10.7. The van der Waals surface area contributed by atoms with E-state index in [1.165, 1.54) is 83.5 Å². The number of rotatable bonds is 21. The van der Waals surface area contributed by atoms with E-state index in [9.17, 15) is 5.11 Å². The van der Waals surface area contributed by atoms with Gasteiger partial charge in [0.15, 0.2) is 0 Å². The second-order valence-corrected chi connectivity index (χ2v) is 43.6. The van der Waals surface area contributed by atoms with Gasteiger partial charge in [-0.1, -0.05) is 0 Å². The fourth-order valence-electron chi connectivity index (χ4n) is 7.59. The monoisotopic (exact) mass is 652 g/mol. The van der Waals surface area contributed by atoms with Gasteiger partial charge in [0.25, 0.3) is 0 Å². The zero-order valence-corrected chi connectivity index (χ0v) is 28.4. The molecule has 1 unspecified atom stereocenters. The predicted molar refractivity (Wildman–Crippen MR) is 148 cm³/mol. The van der Waals surface area contributed by atoms with Crippen LogP contribution >= 0.6 is 0 Å². The van der Waals surface area contributed by atoms with Gasteiger partial charge in [0, 0.05) is 0 Å². The molecule has 1 aliphatic rings. The Hall–Kier alpha value is 1.56. The summed E-state index contributed by atoms with van der Waals surface area (Å²) in [6.07, 6.45) is 18.8. The average molecular weight is 650 g/mol. The molecule has 1 N–H and O–H groups in total. The first kappa shape index (κ1) is 30.6. The third-order valence-electron chi connectivity index (χ3n) is 9.27. The first-order chi connectivity index (χ1) is 15.0. The zero-order chi connectivity index (χ0) is 23.2. The molecule has 0 bridgehead atoms. The van der Waals surface area contributed by atoms with Gasteiger partial charge >= 0.3 is 207 Å². The summed E-state index contributed by atoms with van der Waals surface area (Å²) >= 11 is -4.83. The molecule has 0 aromatic carbocycles. The van der Waals surface area contributed by atoms with Crippen LogP contribution in [-0.4, -0.2) is 48.5 Å². The molecule has 0 heterocycles. The van der Waals surface area contributed by atoms with Crippen molar-refractivity contribution < 1.29 is 5.11 Å². The first-order valence-corrected chi connectivity index (χ1v) is 29.6. The van der Waals surface area contributed by atoms with Crippen molar-refractivity contribution in [2.24, 2.45) is 5.92 Å². The second kappa shape index (κ2) is 16.3. The van der Waals surface area contributed by atoms with E-state index >= 15 is 0 Å². The molecule has 1 rings (SSSR count). The standard InChI is InChI=1S/C4H6O.6C4H9.2Sn/c5-3-4-1-2-4;6*1-3-4-2;;/h4-5H,1,3H2;6*1,3-4H2,2H3;;. The first-order valence-electron chi connectivity index (χ1n) is 14.6. The van der Waals surface area contributed by atoms with Crippen LogP contribution in [-0.2, 0) is 0 Å². The van der Waals surface area contributed by atoms with Crippen LogP contribution in [0.3, 0.4) is 0 Å². The third kappa shape index (κ3) is 7.52. The predicted octanol–water partition coefficient (Wildman–Crippen LogP) is 9.98. The molecule has 186 valence electrons. The maximum atomic E-state index is 10.7. The van der Waals surface area contributed by atoms with Crippen molar-refractivity contribution in [3.63, 3.8) is 0 Å². The van der Waals surface area contributed by atoms with E-state index in [1.807, 2.05) is 0 Å². The number of hydrogen-bond acceptors (Lipinski definition) is 1. The van der Waals surface area contributed by atoms with E-state index in [-0.39, 0.29) is 0 Å². The van der Waals surface area contributed by atoms with Gasteiger partial charge < -0.3 is 0 Å². The van der Waals surface area contributed by atoms with Crippen molar-refractivity contribution in [3.8, 4) is 0 Å². The minimum absolute atomic E-state index is 0.534. The summed E-state index contributed by atoms with van der Waals surface area (Å²) in [5.74, 6) is 0.746. The summed E-state index contributed by atoms with van der Waals surface area (Å²) in [7, 11) is 0. The van der Waals surface area contributed by atoms with Gasteiger partial charge in [0.2, 0.25) is 0 Å². The molecule has 0 aromatic heterocycles. The Kier molecular flexibility index (Phi) is 16.1. The second-order valence-electron chi connectivity index (χ2n) is 11.2. The molecule has 0 aromatic rings. The van der Waals surface area contributed by atoms with E-state index < -0.39 is 36.8 Å². The summed E-state index contributed by atoms with van der Waals surface area (Å²) in [6, 6.07) is 0. The maximum absolute atomic E-state index is 10.7. The quantitative estimate of drug-likeness (QED) is 0.123. The van der Waals surface area contributed by atoms with E-state index in [4.69, 9.17) is 0 Å². The Morgan fingerprint density at radius 1 is 0.548 bits per heavy atom. The minimum atomic E-state index is -2.41. The molecule has 1 atom stereocenters. The summed E-state index contributed by atoms with van der Waals surface area (Å²) < 4.78 is 10.8. The molecule has 3 heteroatoms. The van der Waals surface area contributed by atoms with E-state index in [2.05, 4.69) is 41.5 Å². The van der Waals surface area contributed by atoms with Crippen molar-refractivity contribution >= 4 is 36.8 Å². The van der Waals surface area contributed by atoms with Gasteiger partial charge in [-0.3, -0.25) is 0 Å². The van der Waals surface area contributed by atoms with Gasteiger partial charge in [-0.15, -0.1) is 0 Å². The van der Waals surface area contributed by atoms with E-state index in [0.717, 1.165) is 7.36 Å². The van der Waals surface area contributed by atoms with Crippen LogP contribution in [0.15, 0.2) is 0 Å². The van der Waals surface area contributed by atoms with Crippen LogP contribution in [0.4, 0.5) is 0 Å². The van der Waals surface area contributed by atoms with Crippen LogP contribution in [0.2, 0.25) is 28.1 Å². The zero-order valence-electron chi connectivity index (χ0n) is 22.7. The third-order valence-corrected chi connectivity index (χ3v) is 66.3. The fraction of sp³-hybridized carbons (Fsp3) is 1.00. The number of hydrogen-bond donors (Lipinski definition) is 1. The molecular formula is C28H60OSn2. The summed E-state index contributed by atoms with van der Waals surface area (Å²) in [5.41, 5.74) is 0. The molecule has 0 spiro atoms. The average Bonchev–Trinajstić information content (AvgIpc) is 3.55. The van der Waals surface area contributed by atoms with Crippen LogP contribution in [0.25, 0.3) is 0 Å². The van der Waals surface area contributed by atoms with Crippen molar-refractivity contribution in [1.29, 1.82) is 0 Å². The molecule has 1 aliphatic carbocycles. The Labute approximate surface area is 206 Å². The summed E-state index contributed by atoms with van der Waals surface area (Å²) in [6.45, 7) is 15.1. The van der Waals surface area contributed by atoms with Crippen molar-refractivity contribution in [3.05, 3.63) is 0 Å². The number of unbranched alkanes of at least 4 members (excludes halogenated alkanes) is 6. The van der Waals surface area contributed by atoms with Crippen LogP contribution < -0.4 is 0 Å². The molecule has 0 amide bonds. The van der Waals surface area contributed by atoms with Gasteiger partial charge in [-0.25, -0.2) is 0 Å². The Morgan fingerprint density at radius 3 is 0.968 bits per heavy atom. The van der Waals surface area contributed by atoms with Crippen LogP contribution in [0.1, 0.15) is 125 Å². The Balaban J connectivity index is 3.61. The normalized spacial score (nSPS) is 18.5. The van der Waals surface area contributed by atoms with Crippen molar-refractivity contribution in [1.82, 2.24) is 0 Å². The Morgan fingerprint density at radius 2 is 0.806 bits per heavy atom. The van der Waals surface area contributed by atoms with E-state index in [0.29, 0.717) is 6.61 Å². The molecule has 1 fully saturated rings. The Bertz CT molecular complexity index is 375. The SMILES string of the molecule is CCC[CH2][Sn]([CH2]CCC)([CH2]CCC)[C]1([Sn]([CH2]CCC)([CH2]CCC)[CH2]CCC)CC1CO. The fourth-order valence-corrected chi connectivity index (χ4v) is 85.6. The topological polar surface area (TPSA) is 20.2 Å². The van der Waals surface area contributed by atoms with Crippen LogP contribution in [0, 0.1) is 5.92 Å². The molecule has 0 saturated heterocycles.